The number of thioether (sulfide) groups is 1. The second-order valence-corrected chi connectivity index (χ2v) is 5.84. The van der Waals surface area contributed by atoms with Crippen LogP contribution in [-0.2, 0) is 9.59 Å². The van der Waals surface area contributed by atoms with E-state index in [1.54, 1.807) is 0 Å². The lowest BCUT2D eigenvalue weighted by Gasteiger charge is -2.03. The van der Waals surface area contributed by atoms with Gasteiger partial charge in [-0.25, -0.2) is 4.98 Å². The van der Waals surface area contributed by atoms with Crippen LogP contribution in [0.3, 0.4) is 0 Å². The molecule has 0 radical (unpaired) electrons. The third-order valence-electron chi connectivity index (χ3n) is 2.11. The van der Waals surface area contributed by atoms with Gasteiger partial charge >= 0.3 is 0 Å². The maximum Gasteiger partial charge on any atom is 0.253 e. The van der Waals surface area contributed by atoms with Crippen molar-refractivity contribution < 1.29 is 19.8 Å². The smallest absolute Gasteiger partial charge is 0.253 e. The fourth-order valence-corrected chi connectivity index (χ4v) is 3.16. The summed E-state index contributed by atoms with van der Waals surface area (Å²) in [4.78, 5) is 39.1. The number of hydrogen-bond acceptors (Lipinski definition) is 8. The van der Waals surface area contributed by atoms with Crippen LogP contribution < -0.4 is 16.0 Å². The molecule has 10 heteroatoms. The van der Waals surface area contributed by atoms with Crippen molar-refractivity contribution in [1.29, 1.82) is 0 Å². The molecule has 0 atom stereocenters. The first-order chi connectivity index (χ1) is 9.45. The molecular formula is C10H8N3O5S2-. The Hall–Kier alpha value is -2.07. The van der Waals surface area contributed by atoms with Crippen molar-refractivity contribution in [1.82, 2.24) is 15.3 Å². The standard InChI is InChI=1S/C10H9N3O5S2/c14-4-1-5(15)12-9-8(4)20-10(13-9)19-3-6(16)11-2-7(17)18/h1H,2-3H2,(H,11,16)(H,17,18)(H2,12,14,15)/p-1. The minimum atomic E-state index is -1.37. The fourth-order valence-electron chi connectivity index (χ4n) is 1.31. The van der Waals surface area contributed by atoms with Gasteiger partial charge in [0.25, 0.3) is 5.56 Å². The van der Waals surface area contributed by atoms with E-state index in [4.69, 9.17) is 0 Å². The van der Waals surface area contributed by atoms with Crippen LogP contribution in [0.4, 0.5) is 0 Å². The number of aromatic nitrogens is 2. The third kappa shape index (κ3) is 3.48. The highest BCUT2D eigenvalue weighted by atomic mass is 32.2. The molecule has 0 aromatic carbocycles. The van der Waals surface area contributed by atoms with E-state index in [-0.39, 0.29) is 17.1 Å². The number of carboxylic acid groups (broad SMARTS) is 1. The Morgan fingerprint density at radius 1 is 1.55 bits per heavy atom. The largest absolute Gasteiger partial charge is 0.548 e. The number of nitrogens with zero attached hydrogens (tertiary/aromatic N) is 1. The highest BCUT2D eigenvalue weighted by Gasteiger charge is 2.11. The van der Waals surface area contributed by atoms with E-state index in [9.17, 15) is 24.6 Å². The minimum absolute atomic E-state index is 0.0297. The molecule has 1 amide bonds. The molecular weight excluding hydrogens is 306 g/mol. The highest BCUT2D eigenvalue weighted by Crippen LogP contribution is 2.32. The lowest BCUT2D eigenvalue weighted by atomic mass is 10.4. The summed E-state index contributed by atoms with van der Waals surface area (Å²) in [7, 11) is 0. The SMILES string of the molecule is O=C([O-])CNC(=O)CSc1nc2[nH]c(=O)cc(O)c2s1. The van der Waals surface area contributed by atoms with Gasteiger partial charge in [0.05, 0.1) is 18.3 Å². The Labute approximate surface area is 119 Å². The summed E-state index contributed by atoms with van der Waals surface area (Å²) in [6, 6.07) is 1.04. The van der Waals surface area contributed by atoms with E-state index in [0.717, 1.165) is 29.2 Å². The Balaban J connectivity index is 2.04. The summed E-state index contributed by atoms with van der Waals surface area (Å²) < 4.78 is 0.892. The Morgan fingerprint density at radius 2 is 2.30 bits per heavy atom. The Kier molecular flexibility index (Phi) is 4.25. The van der Waals surface area contributed by atoms with Gasteiger partial charge in [0.1, 0.15) is 10.4 Å². The molecule has 0 spiro atoms. The number of carbonyl (C=O) groups excluding carboxylic acids is 2. The van der Waals surface area contributed by atoms with E-state index in [2.05, 4.69) is 15.3 Å². The van der Waals surface area contributed by atoms with Crippen molar-refractivity contribution >= 4 is 45.3 Å². The Morgan fingerprint density at radius 3 is 3.00 bits per heavy atom. The van der Waals surface area contributed by atoms with Crippen molar-refractivity contribution in [3.8, 4) is 5.75 Å². The van der Waals surface area contributed by atoms with E-state index < -0.39 is 24.0 Å². The van der Waals surface area contributed by atoms with Crippen LogP contribution >= 0.6 is 23.1 Å². The van der Waals surface area contributed by atoms with Crippen molar-refractivity contribution in [3.05, 3.63) is 16.4 Å². The van der Waals surface area contributed by atoms with Gasteiger partial charge in [0.2, 0.25) is 5.91 Å². The molecule has 8 nitrogen and oxygen atoms in total. The molecule has 0 unspecified atom stereocenters. The number of amides is 1. The second-order valence-electron chi connectivity index (χ2n) is 3.61. The van der Waals surface area contributed by atoms with Crippen molar-refractivity contribution in [2.45, 2.75) is 4.34 Å². The molecule has 106 valence electrons. The van der Waals surface area contributed by atoms with Gasteiger partial charge in [0, 0.05) is 6.07 Å². The molecule has 2 rings (SSSR count). The van der Waals surface area contributed by atoms with Crippen LogP contribution in [0.5, 0.6) is 5.75 Å². The number of carboxylic acids is 1. The van der Waals surface area contributed by atoms with Gasteiger partial charge in [-0.2, -0.15) is 0 Å². The molecule has 3 N–H and O–H groups in total. The van der Waals surface area contributed by atoms with E-state index in [1.807, 2.05) is 0 Å². The average Bonchev–Trinajstić information content (AvgIpc) is 2.77. The first-order valence-electron chi connectivity index (χ1n) is 5.28. The fraction of sp³-hybridized carbons (Fsp3) is 0.200. The maximum atomic E-state index is 11.3. The number of hydrogen-bond donors (Lipinski definition) is 3. The summed E-state index contributed by atoms with van der Waals surface area (Å²) in [6.45, 7) is -0.548. The minimum Gasteiger partial charge on any atom is -0.548 e. The molecule has 2 aromatic rings. The number of pyridine rings is 1. The number of aliphatic carboxylic acids is 1. The third-order valence-corrected chi connectivity index (χ3v) is 4.33. The van der Waals surface area contributed by atoms with Gasteiger partial charge in [-0.05, 0) is 0 Å². The van der Waals surface area contributed by atoms with E-state index in [0.29, 0.717) is 9.04 Å². The molecule has 0 aliphatic heterocycles. The summed E-state index contributed by atoms with van der Waals surface area (Å²) in [5.41, 5.74) is -0.221. The zero-order valence-electron chi connectivity index (χ0n) is 9.84. The van der Waals surface area contributed by atoms with Crippen molar-refractivity contribution in [2.24, 2.45) is 0 Å². The normalized spacial score (nSPS) is 10.6. The number of rotatable bonds is 5. The highest BCUT2D eigenvalue weighted by molar-refractivity contribution is 8.01. The number of H-pyrrole nitrogens is 1. The molecule has 0 aliphatic carbocycles. The van der Waals surface area contributed by atoms with Crippen molar-refractivity contribution in [2.75, 3.05) is 12.3 Å². The van der Waals surface area contributed by atoms with Gasteiger partial charge < -0.3 is 25.3 Å². The first-order valence-corrected chi connectivity index (χ1v) is 7.08. The van der Waals surface area contributed by atoms with Crippen LogP contribution in [-0.4, -0.2) is 39.2 Å². The zero-order valence-corrected chi connectivity index (χ0v) is 11.5. The monoisotopic (exact) mass is 314 g/mol. The maximum absolute atomic E-state index is 11.3. The summed E-state index contributed by atoms with van der Waals surface area (Å²) in [5.74, 6) is -2.05. The topological polar surface area (TPSA) is 135 Å². The summed E-state index contributed by atoms with van der Waals surface area (Å²) in [6.07, 6.45) is 0. The number of thiazole rings is 1. The number of fused-ring (bicyclic) bond motifs is 1. The molecule has 0 saturated heterocycles. The molecule has 0 aliphatic rings. The number of aromatic hydroxyl groups is 1. The lowest BCUT2D eigenvalue weighted by molar-refractivity contribution is -0.303. The zero-order chi connectivity index (χ0) is 14.7. The van der Waals surface area contributed by atoms with Crippen LogP contribution in [0.1, 0.15) is 0 Å². The molecule has 0 fully saturated rings. The van der Waals surface area contributed by atoms with E-state index in [1.165, 1.54) is 0 Å². The number of aromatic amines is 1. The van der Waals surface area contributed by atoms with Gasteiger partial charge in [-0.3, -0.25) is 9.59 Å². The molecule has 2 aromatic heterocycles. The summed E-state index contributed by atoms with van der Waals surface area (Å²) >= 11 is 2.19. The van der Waals surface area contributed by atoms with Crippen molar-refractivity contribution in [3.63, 3.8) is 0 Å². The lowest BCUT2D eigenvalue weighted by Crippen LogP contribution is -2.38. The molecule has 0 bridgehead atoms. The number of carbonyl (C=O) groups is 2. The predicted molar refractivity (Wildman–Crippen MR) is 70.6 cm³/mol. The van der Waals surface area contributed by atoms with Crippen LogP contribution in [0, 0.1) is 0 Å². The van der Waals surface area contributed by atoms with Crippen LogP contribution in [0.15, 0.2) is 15.2 Å². The predicted octanol–water partition coefficient (Wildman–Crippen LogP) is -1.35. The van der Waals surface area contributed by atoms with Gasteiger partial charge in [-0.1, -0.05) is 11.8 Å². The molecule has 0 saturated carbocycles. The summed E-state index contributed by atoms with van der Waals surface area (Å²) in [5, 5.41) is 21.9. The second kappa shape index (κ2) is 5.92. The van der Waals surface area contributed by atoms with Gasteiger partial charge in [-0.15, -0.1) is 11.3 Å². The Bertz CT molecular complexity index is 723. The number of nitrogens with one attached hydrogen (secondary N) is 2. The van der Waals surface area contributed by atoms with Crippen LogP contribution in [0.25, 0.3) is 10.3 Å². The quantitative estimate of drug-likeness (QED) is 0.580. The van der Waals surface area contributed by atoms with Gasteiger partial charge in [0.15, 0.2) is 9.99 Å². The van der Waals surface area contributed by atoms with E-state index >= 15 is 0 Å². The van der Waals surface area contributed by atoms with Crippen LogP contribution in [0.2, 0.25) is 0 Å². The molecule has 2 heterocycles. The molecule has 20 heavy (non-hydrogen) atoms. The first kappa shape index (κ1) is 14.3. The average molecular weight is 314 g/mol.